The second-order valence-corrected chi connectivity index (χ2v) is 3.40. The van der Waals surface area contributed by atoms with Gasteiger partial charge in [-0.3, -0.25) is 0 Å². The van der Waals surface area contributed by atoms with Gasteiger partial charge in [-0.1, -0.05) is 23.2 Å². The molecule has 0 fully saturated rings. The maximum atomic E-state index is 9.27. The molecule has 0 aliphatic heterocycles. The normalized spacial score (nSPS) is 10.5. The number of phenols is 1. The molecule has 74 valence electrons. The van der Waals surface area contributed by atoms with Crippen LogP contribution >= 0.6 is 23.2 Å². The molecule has 0 spiro atoms. The Morgan fingerprint density at radius 2 is 2.00 bits per heavy atom. The lowest BCUT2D eigenvalue weighted by Gasteiger charge is -2.01. The molecule has 15 heavy (non-hydrogen) atoms. The van der Waals surface area contributed by atoms with Crippen molar-refractivity contribution in [3.8, 4) is 11.8 Å². The van der Waals surface area contributed by atoms with Crippen LogP contribution in [0.1, 0.15) is 5.56 Å². The van der Waals surface area contributed by atoms with Crippen molar-refractivity contribution in [2.75, 3.05) is 0 Å². The second-order valence-electron chi connectivity index (χ2n) is 2.59. The van der Waals surface area contributed by atoms with Gasteiger partial charge in [0.15, 0.2) is 5.75 Å². The van der Waals surface area contributed by atoms with Crippen molar-refractivity contribution in [1.29, 1.82) is 5.26 Å². The smallest absolute Gasteiger partial charge is 0.262 e. The monoisotopic (exact) mass is 238 g/mol. The van der Waals surface area contributed by atoms with Gasteiger partial charge in [-0.05, 0) is 23.8 Å². The molecule has 0 radical (unpaired) electrons. The first-order valence-corrected chi connectivity index (χ1v) is 4.51. The lowest BCUT2D eigenvalue weighted by atomic mass is 10.2. The third kappa shape index (κ3) is 2.63. The van der Waals surface area contributed by atoms with Gasteiger partial charge in [-0.2, -0.15) is 0 Å². The quantitative estimate of drug-likeness (QED) is 0.602. The van der Waals surface area contributed by atoms with Crippen LogP contribution in [0.4, 0.5) is 0 Å². The summed E-state index contributed by atoms with van der Waals surface area (Å²) in [6, 6.07) is 4.56. The SMILES string of the molecule is [C-]#[N+]C(C#N)=Cc1cc(Cl)c(O)c(Cl)c1. The lowest BCUT2D eigenvalue weighted by molar-refractivity contribution is 0.476. The molecule has 1 aromatic carbocycles. The highest BCUT2D eigenvalue weighted by atomic mass is 35.5. The summed E-state index contributed by atoms with van der Waals surface area (Å²) >= 11 is 11.3. The topological polar surface area (TPSA) is 48.4 Å². The first kappa shape index (κ1) is 11.4. The maximum absolute atomic E-state index is 9.27. The second kappa shape index (κ2) is 4.70. The van der Waals surface area contributed by atoms with Gasteiger partial charge in [0.1, 0.15) is 0 Å². The van der Waals surface area contributed by atoms with Gasteiger partial charge in [0, 0.05) is 0 Å². The molecule has 0 unspecified atom stereocenters. The Bertz CT molecular complexity index is 470. The largest absolute Gasteiger partial charge is 0.505 e. The summed E-state index contributed by atoms with van der Waals surface area (Å²) in [6.07, 6.45) is 1.34. The molecule has 1 aromatic rings. The summed E-state index contributed by atoms with van der Waals surface area (Å²) in [6.45, 7) is 6.68. The number of rotatable bonds is 1. The molecule has 0 saturated heterocycles. The van der Waals surface area contributed by atoms with Gasteiger partial charge in [0.25, 0.3) is 5.70 Å². The van der Waals surface area contributed by atoms with E-state index in [-0.39, 0.29) is 21.5 Å². The molecule has 0 aromatic heterocycles. The standard InChI is InChI=1S/C10H4Cl2N2O/c1-14-7(5-13)2-6-3-8(11)10(15)9(12)4-6/h2-4,15H. The van der Waals surface area contributed by atoms with Gasteiger partial charge < -0.3 is 5.11 Å². The van der Waals surface area contributed by atoms with Crippen molar-refractivity contribution >= 4 is 29.3 Å². The van der Waals surface area contributed by atoms with Crippen molar-refractivity contribution in [3.63, 3.8) is 0 Å². The van der Waals surface area contributed by atoms with Crippen LogP contribution in [0.3, 0.4) is 0 Å². The molecule has 0 amide bonds. The summed E-state index contributed by atoms with van der Waals surface area (Å²) in [5.41, 5.74) is 0.420. The van der Waals surface area contributed by atoms with Crippen LogP contribution in [0.15, 0.2) is 17.8 Å². The minimum atomic E-state index is -0.211. The van der Waals surface area contributed by atoms with E-state index < -0.39 is 0 Å². The third-order valence-corrected chi connectivity index (χ3v) is 2.15. The molecule has 0 aliphatic carbocycles. The van der Waals surface area contributed by atoms with Crippen LogP contribution < -0.4 is 0 Å². The van der Waals surface area contributed by atoms with Crippen LogP contribution in [0.5, 0.6) is 5.75 Å². The predicted octanol–water partition coefficient (Wildman–Crippen LogP) is 3.48. The highest BCUT2D eigenvalue weighted by Gasteiger charge is 2.05. The number of benzene rings is 1. The van der Waals surface area contributed by atoms with Crippen LogP contribution in [0, 0.1) is 17.9 Å². The Morgan fingerprint density at radius 1 is 1.47 bits per heavy atom. The number of hydrogen-bond acceptors (Lipinski definition) is 2. The summed E-state index contributed by atoms with van der Waals surface area (Å²) in [5, 5.41) is 18.0. The Morgan fingerprint density at radius 3 is 2.40 bits per heavy atom. The number of aromatic hydroxyl groups is 1. The lowest BCUT2D eigenvalue weighted by Crippen LogP contribution is -1.78. The molecule has 1 rings (SSSR count). The van der Waals surface area contributed by atoms with E-state index in [0.29, 0.717) is 5.56 Å². The van der Waals surface area contributed by atoms with Crippen molar-refractivity contribution in [3.05, 3.63) is 44.9 Å². The van der Waals surface area contributed by atoms with Gasteiger partial charge >= 0.3 is 0 Å². The van der Waals surface area contributed by atoms with E-state index >= 15 is 0 Å². The Kier molecular flexibility index (Phi) is 3.57. The fraction of sp³-hybridized carbons (Fsp3) is 0. The average Bonchev–Trinajstić information content (AvgIpc) is 2.22. The molecule has 0 saturated carbocycles. The van der Waals surface area contributed by atoms with Crippen LogP contribution in [-0.2, 0) is 0 Å². The first-order valence-electron chi connectivity index (χ1n) is 3.75. The van der Waals surface area contributed by atoms with Gasteiger partial charge in [0.2, 0.25) is 0 Å². The molecular formula is C10H4Cl2N2O. The van der Waals surface area contributed by atoms with Crippen molar-refractivity contribution < 1.29 is 5.11 Å². The van der Waals surface area contributed by atoms with Gasteiger partial charge in [-0.15, -0.1) is 0 Å². The van der Waals surface area contributed by atoms with E-state index in [4.69, 9.17) is 35.0 Å². The Hall–Kier alpha value is -1.68. The van der Waals surface area contributed by atoms with E-state index in [1.165, 1.54) is 18.2 Å². The van der Waals surface area contributed by atoms with Crippen LogP contribution in [0.25, 0.3) is 10.9 Å². The van der Waals surface area contributed by atoms with E-state index in [2.05, 4.69) is 4.85 Å². The third-order valence-electron chi connectivity index (χ3n) is 1.58. The molecule has 0 bridgehead atoms. The highest BCUT2D eigenvalue weighted by molar-refractivity contribution is 6.37. The number of halogens is 2. The summed E-state index contributed by atoms with van der Waals surface area (Å²) in [7, 11) is 0. The number of nitriles is 1. The van der Waals surface area contributed by atoms with Crippen molar-refractivity contribution in [1.82, 2.24) is 0 Å². The summed E-state index contributed by atoms with van der Waals surface area (Å²) in [5.74, 6) is -0.211. The Labute approximate surface area is 96.6 Å². The zero-order valence-corrected chi connectivity index (χ0v) is 8.84. The average molecular weight is 239 g/mol. The number of hydrogen-bond donors (Lipinski definition) is 1. The summed E-state index contributed by atoms with van der Waals surface area (Å²) < 4.78 is 0. The molecule has 1 N–H and O–H groups in total. The van der Waals surface area contributed by atoms with Crippen molar-refractivity contribution in [2.45, 2.75) is 0 Å². The minimum Gasteiger partial charge on any atom is -0.505 e. The minimum absolute atomic E-state index is 0.0761. The maximum Gasteiger partial charge on any atom is 0.262 e. The molecule has 0 atom stereocenters. The number of allylic oxidation sites excluding steroid dienone is 1. The van der Waals surface area contributed by atoms with Gasteiger partial charge in [0.05, 0.1) is 22.7 Å². The van der Waals surface area contributed by atoms with E-state index in [1.54, 1.807) is 6.07 Å². The van der Waals surface area contributed by atoms with E-state index in [0.717, 1.165) is 0 Å². The zero-order chi connectivity index (χ0) is 11.4. The van der Waals surface area contributed by atoms with Crippen LogP contribution in [-0.4, -0.2) is 5.11 Å². The highest BCUT2D eigenvalue weighted by Crippen LogP contribution is 2.33. The first-order chi connectivity index (χ1) is 7.08. The zero-order valence-electron chi connectivity index (χ0n) is 7.33. The number of phenolic OH excluding ortho intramolecular Hbond substituents is 1. The molecule has 0 heterocycles. The molecular weight excluding hydrogens is 235 g/mol. The van der Waals surface area contributed by atoms with Crippen LogP contribution in [0.2, 0.25) is 10.0 Å². The fourth-order valence-electron chi connectivity index (χ4n) is 0.916. The van der Waals surface area contributed by atoms with Gasteiger partial charge in [-0.25, -0.2) is 10.1 Å². The fourth-order valence-corrected chi connectivity index (χ4v) is 1.42. The summed E-state index contributed by atoms with van der Waals surface area (Å²) in [4.78, 5) is 2.98. The molecule has 0 aliphatic rings. The Balaban J connectivity index is 3.26. The predicted molar refractivity (Wildman–Crippen MR) is 58.3 cm³/mol. The molecule has 5 heteroatoms. The van der Waals surface area contributed by atoms with E-state index in [1.807, 2.05) is 0 Å². The molecule has 3 nitrogen and oxygen atoms in total. The number of nitrogens with zero attached hydrogens (tertiary/aromatic N) is 2. The van der Waals surface area contributed by atoms with Crippen molar-refractivity contribution in [2.24, 2.45) is 0 Å². The van der Waals surface area contributed by atoms with E-state index in [9.17, 15) is 5.11 Å².